The number of nitrogens with one attached hydrogen (secondary N) is 1. The molecule has 1 N–H and O–H groups in total. The first-order valence-corrected chi connectivity index (χ1v) is 7.60. The third-order valence-electron chi connectivity index (χ3n) is 3.56. The lowest BCUT2D eigenvalue weighted by Crippen LogP contribution is -2.21. The van der Waals surface area contributed by atoms with E-state index in [9.17, 15) is 0 Å². The molecular formula is C17H29NO. The Morgan fingerprint density at radius 2 is 1.95 bits per heavy atom. The molecule has 0 bridgehead atoms. The molecule has 0 fully saturated rings. The Bertz CT molecular complexity index is 362. The summed E-state index contributed by atoms with van der Waals surface area (Å²) < 4.78 is 5.54. The number of rotatable bonds is 9. The standard InChI is InChI=1S/C17H29NO/c1-5-7-8-9-10-16(18-6-2)15-12-11-14(3)13-17(15)19-4/h11-13,16,18H,5-10H2,1-4H3. The van der Waals surface area contributed by atoms with E-state index in [1.807, 2.05) is 0 Å². The van der Waals surface area contributed by atoms with Crippen molar-refractivity contribution in [3.05, 3.63) is 29.3 Å². The molecule has 2 heteroatoms. The van der Waals surface area contributed by atoms with Crippen molar-refractivity contribution in [1.82, 2.24) is 5.32 Å². The second-order valence-corrected chi connectivity index (χ2v) is 5.21. The summed E-state index contributed by atoms with van der Waals surface area (Å²) in [6, 6.07) is 6.93. The number of methoxy groups -OCH3 is 1. The molecule has 0 saturated heterocycles. The van der Waals surface area contributed by atoms with Crippen molar-refractivity contribution in [2.24, 2.45) is 0 Å². The zero-order valence-corrected chi connectivity index (χ0v) is 13.0. The maximum absolute atomic E-state index is 5.54. The summed E-state index contributed by atoms with van der Waals surface area (Å²) in [5.74, 6) is 1.02. The second kappa shape index (κ2) is 8.98. The van der Waals surface area contributed by atoms with Crippen LogP contribution in [0.5, 0.6) is 5.75 Å². The maximum Gasteiger partial charge on any atom is 0.123 e. The molecule has 0 saturated carbocycles. The number of benzene rings is 1. The van der Waals surface area contributed by atoms with Crippen LogP contribution >= 0.6 is 0 Å². The minimum absolute atomic E-state index is 0.414. The van der Waals surface area contributed by atoms with E-state index in [2.05, 4.69) is 44.3 Å². The zero-order valence-electron chi connectivity index (χ0n) is 13.0. The van der Waals surface area contributed by atoms with Gasteiger partial charge in [-0.3, -0.25) is 0 Å². The van der Waals surface area contributed by atoms with Gasteiger partial charge in [-0.15, -0.1) is 0 Å². The van der Waals surface area contributed by atoms with Gasteiger partial charge in [-0.2, -0.15) is 0 Å². The summed E-state index contributed by atoms with van der Waals surface area (Å²) in [5.41, 5.74) is 2.55. The molecule has 0 heterocycles. The Kier molecular flexibility index (Phi) is 7.57. The number of hydrogen-bond donors (Lipinski definition) is 1. The van der Waals surface area contributed by atoms with Crippen LogP contribution in [-0.2, 0) is 0 Å². The van der Waals surface area contributed by atoms with E-state index in [0.29, 0.717) is 6.04 Å². The summed E-state index contributed by atoms with van der Waals surface area (Å²) in [5, 5.41) is 3.59. The first kappa shape index (κ1) is 16.0. The average molecular weight is 263 g/mol. The van der Waals surface area contributed by atoms with Gasteiger partial charge in [-0.25, -0.2) is 0 Å². The highest BCUT2D eigenvalue weighted by atomic mass is 16.5. The lowest BCUT2D eigenvalue weighted by Gasteiger charge is -2.21. The quantitative estimate of drug-likeness (QED) is 0.656. The van der Waals surface area contributed by atoms with Gasteiger partial charge in [0.2, 0.25) is 0 Å². The number of aryl methyl sites for hydroxylation is 1. The minimum atomic E-state index is 0.414. The van der Waals surface area contributed by atoms with E-state index in [-0.39, 0.29) is 0 Å². The Morgan fingerprint density at radius 3 is 2.58 bits per heavy atom. The van der Waals surface area contributed by atoms with Crippen LogP contribution in [0.3, 0.4) is 0 Å². The second-order valence-electron chi connectivity index (χ2n) is 5.21. The fourth-order valence-electron chi connectivity index (χ4n) is 2.50. The average Bonchev–Trinajstić information content (AvgIpc) is 2.42. The highest BCUT2D eigenvalue weighted by molar-refractivity contribution is 5.39. The van der Waals surface area contributed by atoms with Crippen molar-refractivity contribution < 1.29 is 4.74 Å². The van der Waals surface area contributed by atoms with Gasteiger partial charge in [0.15, 0.2) is 0 Å². The van der Waals surface area contributed by atoms with E-state index in [4.69, 9.17) is 4.74 Å². The number of ether oxygens (including phenoxy) is 1. The highest BCUT2D eigenvalue weighted by Gasteiger charge is 2.14. The molecule has 1 aromatic carbocycles. The van der Waals surface area contributed by atoms with Crippen molar-refractivity contribution >= 4 is 0 Å². The van der Waals surface area contributed by atoms with Crippen LogP contribution in [-0.4, -0.2) is 13.7 Å². The summed E-state index contributed by atoms with van der Waals surface area (Å²) >= 11 is 0. The molecular weight excluding hydrogens is 234 g/mol. The van der Waals surface area contributed by atoms with Crippen molar-refractivity contribution in [1.29, 1.82) is 0 Å². The van der Waals surface area contributed by atoms with E-state index in [1.54, 1.807) is 7.11 Å². The molecule has 0 amide bonds. The van der Waals surface area contributed by atoms with Gasteiger partial charge in [0.1, 0.15) is 5.75 Å². The lowest BCUT2D eigenvalue weighted by molar-refractivity contribution is 0.393. The summed E-state index contributed by atoms with van der Waals surface area (Å²) in [6.07, 6.45) is 6.42. The van der Waals surface area contributed by atoms with Gasteiger partial charge < -0.3 is 10.1 Å². The summed E-state index contributed by atoms with van der Waals surface area (Å²) in [4.78, 5) is 0. The molecule has 2 nitrogen and oxygen atoms in total. The molecule has 0 spiro atoms. The first-order valence-electron chi connectivity index (χ1n) is 7.60. The monoisotopic (exact) mass is 263 g/mol. The summed E-state index contributed by atoms with van der Waals surface area (Å²) in [7, 11) is 1.76. The third-order valence-corrected chi connectivity index (χ3v) is 3.56. The van der Waals surface area contributed by atoms with E-state index < -0.39 is 0 Å². The fourth-order valence-corrected chi connectivity index (χ4v) is 2.50. The third kappa shape index (κ3) is 5.23. The number of hydrogen-bond acceptors (Lipinski definition) is 2. The van der Waals surface area contributed by atoms with Gasteiger partial charge in [-0.1, -0.05) is 51.7 Å². The topological polar surface area (TPSA) is 21.3 Å². The Balaban J connectivity index is 2.74. The van der Waals surface area contributed by atoms with Crippen LogP contribution in [0.1, 0.15) is 63.1 Å². The molecule has 0 aliphatic carbocycles. The van der Waals surface area contributed by atoms with Gasteiger partial charge in [-0.05, 0) is 31.5 Å². The van der Waals surface area contributed by atoms with Gasteiger partial charge >= 0.3 is 0 Å². The number of unbranched alkanes of at least 4 members (excludes halogenated alkanes) is 3. The van der Waals surface area contributed by atoms with Crippen LogP contribution in [0.4, 0.5) is 0 Å². The predicted molar refractivity (Wildman–Crippen MR) is 82.9 cm³/mol. The largest absolute Gasteiger partial charge is 0.496 e. The van der Waals surface area contributed by atoms with Crippen molar-refractivity contribution in [2.75, 3.05) is 13.7 Å². The minimum Gasteiger partial charge on any atom is -0.496 e. The van der Waals surface area contributed by atoms with Crippen molar-refractivity contribution in [2.45, 2.75) is 58.9 Å². The SMILES string of the molecule is CCCCCCC(NCC)c1ccc(C)cc1OC. The molecule has 0 radical (unpaired) electrons. The molecule has 108 valence electrons. The van der Waals surface area contributed by atoms with Gasteiger partial charge in [0.25, 0.3) is 0 Å². The van der Waals surface area contributed by atoms with E-state index in [0.717, 1.165) is 12.3 Å². The first-order chi connectivity index (χ1) is 9.22. The van der Waals surface area contributed by atoms with Crippen LogP contribution in [0, 0.1) is 6.92 Å². The Labute approximate surface area is 118 Å². The van der Waals surface area contributed by atoms with Crippen molar-refractivity contribution in [3.8, 4) is 5.75 Å². The predicted octanol–water partition coefficient (Wildman–Crippen LogP) is 4.62. The molecule has 1 rings (SSSR count). The smallest absolute Gasteiger partial charge is 0.123 e. The van der Waals surface area contributed by atoms with Gasteiger partial charge in [0.05, 0.1) is 7.11 Å². The molecule has 0 aliphatic heterocycles. The highest BCUT2D eigenvalue weighted by Crippen LogP contribution is 2.29. The molecule has 19 heavy (non-hydrogen) atoms. The molecule has 1 unspecified atom stereocenters. The Morgan fingerprint density at radius 1 is 1.16 bits per heavy atom. The molecule has 0 aromatic heterocycles. The van der Waals surface area contributed by atoms with Crippen LogP contribution in [0.15, 0.2) is 18.2 Å². The van der Waals surface area contributed by atoms with Crippen LogP contribution in [0.25, 0.3) is 0 Å². The zero-order chi connectivity index (χ0) is 14.1. The van der Waals surface area contributed by atoms with Crippen LogP contribution in [0.2, 0.25) is 0 Å². The molecule has 1 atom stereocenters. The van der Waals surface area contributed by atoms with Crippen molar-refractivity contribution in [3.63, 3.8) is 0 Å². The maximum atomic E-state index is 5.54. The van der Waals surface area contributed by atoms with E-state index >= 15 is 0 Å². The lowest BCUT2D eigenvalue weighted by atomic mass is 9.98. The van der Waals surface area contributed by atoms with E-state index in [1.165, 1.54) is 43.2 Å². The fraction of sp³-hybridized carbons (Fsp3) is 0.647. The van der Waals surface area contributed by atoms with Gasteiger partial charge in [0, 0.05) is 11.6 Å². The summed E-state index contributed by atoms with van der Waals surface area (Å²) in [6.45, 7) is 7.52. The van der Waals surface area contributed by atoms with Crippen LogP contribution < -0.4 is 10.1 Å². The normalized spacial score (nSPS) is 12.4. The Hall–Kier alpha value is -1.02. The molecule has 1 aromatic rings. The molecule has 0 aliphatic rings.